The highest BCUT2D eigenvalue weighted by atomic mass is 16.4. The standard InChI is InChI=1S/C12H14O4/c13-11(14)9-7-5-3-1-2-4-6-8-10-12(15)16/h3-10H,1-2H2,(H,13,14)(H,15,16)/b5-3+,6-4+,9-7+,10-8+. The zero-order valence-corrected chi connectivity index (χ0v) is 8.74. The smallest absolute Gasteiger partial charge is 0.328 e. The van der Waals surface area contributed by atoms with Crippen molar-refractivity contribution in [2.45, 2.75) is 12.8 Å². The molecule has 0 saturated heterocycles. The van der Waals surface area contributed by atoms with Crippen molar-refractivity contribution in [2.75, 3.05) is 0 Å². The molecule has 4 nitrogen and oxygen atoms in total. The molecule has 0 radical (unpaired) electrons. The van der Waals surface area contributed by atoms with Gasteiger partial charge >= 0.3 is 11.9 Å². The molecule has 0 aromatic rings. The summed E-state index contributed by atoms with van der Waals surface area (Å²) < 4.78 is 0. The van der Waals surface area contributed by atoms with E-state index < -0.39 is 11.9 Å². The first kappa shape index (κ1) is 13.9. The van der Waals surface area contributed by atoms with Crippen LogP contribution in [0.3, 0.4) is 0 Å². The molecule has 0 unspecified atom stereocenters. The highest BCUT2D eigenvalue weighted by Gasteiger charge is 1.81. The van der Waals surface area contributed by atoms with E-state index in [1.54, 1.807) is 12.2 Å². The van der Waals surface area contributed by atoms with Gasteiger partial charge < -0.3 is 10.2 Å². The van der Waals surface area contributed by atoms with Crippen molar-refractivity contribution in [3.05, 3.63) is 48.6 Å². The van der Waals surface area contributed by atoms with Crippen molar-refractivity contribution >= 4 is 11.9 Å². The van der Waals surface area contributed by atoms with Crippen molar-refractivity contribution in [3.8, 4) is 0 Å². The second-order valence-corrected chi connectivity index (χ2v) is 2.83. The summed E-state index contributed by atoms with van der Waals surface area (Å²) in [6.07, 6.45) is 13.6. The molecular formula is C12H14O4. The van der Waals surface area contributed by atoms with Gasteiger partial charge in [-0.05, 0) is 12.8 Å². The van der Waals surface area contributed by atoms with Crippen molar-refractivity contribution in [1.82, 2.24) is 0 Å². The number of allylic oxidation sites excluding steroid dienone is 6. The Morgan fingerprint density at radius 1 is 0.750 bits per heavy atom. The summed E-state index contributed by atoms with van der Waals surface area (Å²) in [5.41, 5.74) is 0. The van der Waals surface area contributed by atoms with Gasteiger partial charge in [-0.1, -0.05) is 36.5 Å². The summed E-state index contributed by atoms with van der Waals surface area (Å²) in [5.74, 6) is -1.94. The normalized spacial score (nSPS) is 12.2. The van der Waals surface area contributed by atoms with Crippen LogP contribution in [0.4, 0.5) is 0 Å². The number of carboxylic acids is 2. The second kappa shape index (κ2) is 9.45. The van der Waals surface area contributed by atoms with Crippen molar-refractivity contribution in [2.24, 2.45) is 0 Å². The van der Waals surface area contributed by atoms with Crippen LogP contribution >= 0.6 is 0 Å². The van der Waals surface area contributed by atoms with Crippen molar-refractivity contribution in [1.29, 1.82) is 0 Å². The van der Waals surface area contributed by atoms with E-state index in [0.29, 0.717) is 0 Å². The number of carbonyl (C=O) groups is 2. The lowest BCUT2D eigenvalue weighted by Crippen LogP contribution is -1.84. The molecule has 16 heavy (non-hydrogen) atoms. The number of rotatable bonds is 7. The fourth-order valence-corrected chi connectivity index (χ4v) is 0.818. The van der Waals surface area contributed by atoms with Gasteiger partial charge in [-0.2, -0.15) is 0 Å². The molecule has 0 aromatic heterocycles. The Balaban J connectivity index is 3.60. The van der Waals surface area contributed by atoms with Gasteiger partial charge in [0, 0.05) is 12.2 Å². The van der Waals surface area contributed by atoms with Gasteiger partial charge in [0.05, 0.1) is 0 Å². The van der Waals surface area contributed by atoms with E-state index in [1.807, 2.05) is 12.2 Å². The highest BCUT2D eigenvalue weighted by molar-refractivity contribution is 5.80. The van der Waals surface area contributed by atoms with E-state index >= 15 is 0 Å². The highest BCUT2D eigenvalue weighted by Crippen LogP contribution is 1.93. The van der Waals surface area contributed by atoms with E-state index in [1.165, 1.54) is 12.2 Å². The minimum Gasteiger partial charge on any atom is -0.478 e. The van der Waals surface area contributed by atoms with E-state index in [4.69, 9.17) is 10.2 Å². The Bertz CT molecular complexity index is 301. The first-order valence-corrected chi connectivity index (χ1v) is 4.75. The number of hydrogen-bond acceptors (Lipinski definition) is 2. The van der Waals surface area contributed by atoms with Gasteiger partial charge in [0.1, 0.15) is 0 Å². The third kappa shape index (κ3) is 11.9. The first-order chi connectivity index (χ1) is 7.63. The molecule has 2 N–H and O–H groups in total. The molecule has 0 atom stereocenters. The van der Waals surface area contributed by atoms with Crippen LogP contribution in [-0.4, -0.2) is 22.2 Å². The van der Waals surface area contributed by atoms with Gasteiger partial charge in [0.15, 0.2) is 0 Å². The van der Waals surface area contributed by atoms with Crippen LogP contribution in [-0.2, 0) is 9.59 Å². The molecule has 0 heterocycles. The molecule has 0 spiro atoms. The number of unbranched alkanes of at least 4 members (excludes halogenated alkanes) is 1. The Morgan fingerprint density at radius 2 is 1.12 bits per heavy atom. The third-order valence-electron chi connectivity index (χ3n) is 1.47. The minimum absolute atomic E-state index is 0.779. The second-order valence-electron chi connectivity index (χ2n) is 2.83. The number of aliphatic carboxylic acids is 2. The largest absolute Gasteiger partial charge is 0.478 e. The van der Waals surface area contributed by atoms with Crippen molar-refractivity contribution < 1.29 is 19.8 Å². The van der Waals surface area contributed by atoms with Crippen LogP contribution in [0, 0.1) is 0 Å². The van der Waals surface area contributed by atoms with Gasteiger partial charge in [-0.25, -0.2) is 9.59 Å². The first-order valence-electron chi connectivity index (χ1n) is 4.75. The van der Waals surface area contributed by atoms with Gasteiger partial charge in [0.2, 0.25) is 0 Å². The molecule has 0 aliphatic heterocycles. The van der Waals surface area contributed by atoms with Crippen LogP contribution in [0.1, 0.15) is 12.8 Å². The van der Waals surface area contributed by atoms with Crippen LogP contribution in [0.15, 0.2) is 48.6 Å². The molecule has 0 aliphatic carbocycles. The van der Waals surface area contributed by atoms with Gasteiger partial charge in [-0.15, -0.1) is 0 Å². The fraction of sp³-hybridized carbons (Fsp3) is 0.167. The lowest BCUT2D eigenvalue weighted by molar-refractivity contribution is -0.132. The molecule has 86 valence electrons. The molecule has 0 fully saturated rings. The predicted octanol–water partition coefficient (Wildman–Crippen LogP) is 2.16. The summed E-state index contributed by atoms with van der Waals surface area (Å²) in [6.45, 7) is 0. The topological polar surface area (TPSA) is 74.6 Å². The SMILES string of the molecule is O=C(O)/C=C/C=C/CC/C=C/C=C/C(=O)O. The van der Waals surface area contributed by atoms with Crippen LogP contribution in [0.25, 0.3) is 0 Å². The Labute approximate surface area is 93.9 Å². The molecule has 0 amide bonds. The summed E-state index contributed by atoms with van der Waals surface area (Å²) in [5, 5.41) is 16.5. The predicted molar refractivity (Wildman–Crippen MR) is 61.1 cm³/mol. The van der Waals surface area contributed by atoms with E-state index in [0.717, 1.165) is 25.0 Å². The number of carboxylic acid groups (broad SMARTS) is 2. The van der Waals surface area contributed by atoms with Crippen LogP contribution in [0.5, 0.6) is 0 Å². The van der Waals surface area contributed by atoms with E-state index in [2.05, 4.69) is 0 Å². The molecular weight excluding hydrogens is 208 g/mol. The van der Waals surface area contributed by atoms with E-state index in [9.17, 15) is 9.59 Å². The average Bonchev–Trinajstić information content (AvgIpc) is 2.20. The van der Waals surface area contributed by atoms with Gasteiger partial charge in [0.25, 0.3) is 0 Å². The van der Waals surface area contributed by atoms with Gasteiger partial charge in [-0.3, -0.25) is 0 Å². The lowest BCUT2D eigenvalue weighted by Gasteiger charge is -1.84. The summed E-state index contributed by atoms with van der Waals surface area (Å²) in [4.78, 5) is 20.1. The molecule has 4 heteroatoms. The molecule has 0 bridgehead atoms. The maximum atomic E-state index is 10.1. The zero-order valence-electron chi connectivity index (χ0n) is 8.74. The summed E-state index contributed by atoms with van der Waals surface area (Å²) in [6, 6.07) is 0. The Hall–Kier alpha value is -2.10. The lowest BCUT2D eigenvalue weighted by atomic mass is 10.2. The number of hydrogen-bond donors (Lipinski definition) is 2. The third-order valence-corrected chi connectivity index (χ3v) is 1.47. The van der Waals surface area contributed by atoms with Crippen molar-refractivity contribution in [3.63, 3.8) is 0 Å². The minimum atomic E-state index is -0.969. The summed E-state index contributed by atoms with van der Waals surface area (Å²) in [7, 11) is 0. The maximum Gasteiger partial charge on any atom is 0.328 e. The Kier molecular flexibility index (Phi) is 8.21. The van der Waals surface area contributed by atoms with Crippen LogP contribution in [0.2, 0.25) is 0 Å². The Morgan fingerprint density at radius 3 is 1.44 bits per heavy atom. The molecule has 0 aromatic carbocycles. The maximum absolute atomic E-state index is 10.1. The average molecular weight is 222 g/mol. The molecule has 0 aliphatic rings. The van der Waals surface area contributed by atoms with E-state index in [-0.39, 0.29) is 0 Å². The monoisotopic (exact) mass is 222 g/mol. The zero-order chi connectivity index (χ0) is 12.2. The quantitative estimate of drug-likeness (QED) is 0.393. The van der Waals surface area contributed by atoms with Crippen LogP contribution < -0.4 is 0 Å². The fourth-order valence-electron chi connectivity index (χ4n) is 0.818. The molecule has 0 rings (SSSR count). The molecule has 0 saturated carbocycles. The summed E-state index contributed by atoms with van der Waals surface area (Å²) >= 11 is 0.